The Bertz CT molecular complexity index is 950. The largest absolute Gasteiger partial charge is 0.464 e. The van der Waals surface area contributed by atoms with Gasteiger partial charge in [-0.15, -0.1) is 0 Å². The van der Waals surface area contributed by atoms with Gasteiger partial charge in [0, 0.05) is 6.54 Å². The van der Waals surface area contributed by atoms with Crippen molar-refractivity contribution in [3.8, 4) is 0 Å². The number of rotatable bonds is 20. The maximum Gasteiger partial charge on any atom is 0.326 e. The van der Waals surface area contributed by atoms with Crippen LogP contribution in [-0.4, -0.2) is 65.2 Å². The Morgan fingerprint density at radius 1 is 0.925 bits per heavy atom. The first-order valence-corrected chi connectivity index (χ1v) is 15.8. The number of nitrogens with zero attached hydrogens (tertiary/aromatic N) is 2. The standard InChI is InChI=1S/C26H50N7O6P/c1-8-10-12-14-37-23(34)25(4,5)32-40(36,33-26(6,7)24(35)38-15-13-11-9-2)18-39-19(3)16-29-22-20(27)21(28)30-17-31-22/h17,19H,8-16,18,27H2,1-7H3,(H2,32,33,36)(H3,28,29,30,31)/t19-/m1/s1. The molecular weight excluding hydrogens is 537 g/mol. The number of nitrogens with two attached hydrogens (primary N) is 2. The van der Waals surface area contributed by atoms with Crippen LogP contribution >= 0.6 is 7.44 Å². The molecule has 14 heteroatoms. The summed E-state index contributed by atoms with van der Waals surface area (Å²) in [7, 11) is -3.75. The predicted molar refractivity (Wildman–Crippen MR) is 158 cm³/mol. The van der Waals surface area contributed by atoms with E-state index in [1.54, 1.807) is 34.6 Å². The minimum Gasteiger partial charge on any atom is -0.464 e. The van der Waals surface area contributed by atoms with Gasteiger partial charge >= 0.3 is 11.9 Å². The van der Waals surface area contributed by atoms with Crippen LogP contribution in [0.15, 0.2) is 6.33 Å². The Balaban J connectivity index is 2.98. The Hall–Kier alpha value is -2.47. The van der Waals surface area contributed by atoms with Gasteiger partial charge < -0.3 is 31.0 Å². The fraction of sp³-hybridized carbons (Fsp3) is 0.769. The molecule has 13 nitrogen and oxygen atoms in total. The molecule has 0 bridgehead atoms. The lowest BCUT2D eigenvalue weighted by atomic mass is 10.1. The van der Waals surface area contributed by atoms with E-state index in [0.29, 0.717) is 5.82 Å². The number of hydrogen-bond acceptors (Lipinski definition) is 11. The highest BCUT2D eigenvalue weighted by molar-refractivity contribution is 7.59. The van der Waals surface area contributed by atoms with Crippen LogP contribution in [0.5, 0.6) is 0 Å². The molecule has 0 radical (unpaired) electrons. The van der Waals surface area contributed by atoms with E-state index in [1.807, 2.05) is 0 Å². The van der Waals surface area contributed by atoms with E-state index in [-0.39, 0.29) is 37.6 Å². The molecule has 0 unspecified atom stereocenters. The lowest BCUT2D eigenvalue weighted by molar-refractivity contribution is -0.149. The minimum atomic E-state index is -3.75. The number of aromatic nitrogens is 2. The monoisotopic (exact) mass is 587 g/mol. The van der Waals surface area contributed by atoms with Gasteiger partial charge in [-0.05, 0) is 47.5 Å². The molecule has 0 saturated carbocycles. The van der Waals surface area contributed by atoms with Crippen molar-refractivity contribution in [2.45, 2.75) is 104 Å². The Morgan fingerprint density at radius 2 is 1.43 bits per heavy atom. The fourth-order valence-electron chi connectivity index (χ4n) is 3.56. The molecule has 1 heterocycles. The van der Waals surface area contributed by atoms with Crippen LogP contribution in [0.25, 0.3) is 0 Å². The van der Waals surface area contributed by atoms with Gasteiger partial charge in [-0.2, -0.15) is 0 Å². The number of esters is 2. The zero-order chi connectivity index (χ0) is 30.4. The second-order valence-electron chi connectivity index (χ2n) is 10.9. The van der Waals surface area contributed by atoms with Gasteiger partial charge in [-0.25, -0.2) is 20.1 Å². The van der Waals surface area contributed by atoms with E-state index in [4.69, 9.17) is 25.7 Å². The third-order valence-corrected chi connectivity index (χ3v) is 8.27. The lowest BCUT2D eigenvalue weighted by Crippen LogP contribution is -2.54. The summed E-state index contributed by atoms with van der Waals surface area (Å²) in [5.74, 6) is -0.618. The van der Waals surface area contributed by atoms with Crippen LogP contribution < -0.4 is 27.0 Å². The first-order chi connectivity index (χ1) is 18.7. The summed E-state index contributed by atoms with van der Waals surface area (Å²) in [6.45, 7) is 13.0. The van der Waals surface area contributed by atoms with Gasteiger partial charge in [-0.1, -0.05) is 39.5 Å². The van der Waals surface area contributed by atoms with Crippen LogP contribution in [0.3, 0.4) is 0 Å². The average Bonchev–Trinajstić information content (AvgIpc) is 2.87. The molecule has 1 atom stereocenters. The predicted octanol–water partition coefficient (Wildman–Crippen LogP) is 3.81. The highest BCUT2D eigenvalue weighted by Crippen LogP contribution is 2.42. The zero-order valence-corrected chi connectivity index (χ0v) is 26.1. The van der Waals surface area contributed by atoms with E-state index >= 15 is 0 Å². The number of carbonyl (C=O) groups is 2. The normalized spacial score (nSPS) is 13.1. The van der Waals surface area contributed by atoms with Crippen LogP contribution in [0.2, 0.25) is 0 Å². The van der Waals surface area contributed by atoms with Gasteiger partial charge in [0.15, 0.2) is 11.6 Å². The molecule has 0 saturated heterocycles. The molecule has 0 fully saturated rings. The molecule has 1 rings (SSSR count). The fourth-order valence-corrected chi connectivity index (χ4v) is 6.20. The number of carbonyl (C=O) groups excluding carboxylic acids is 2. The number of nitrogens with one attached hydrogen (secondary N) is 3. The van der Waals surface area contributed by atoms with Crippen molar-refractivity contribution in [1.29, 1.82) is 0 Å². The highest BCUT2D eigenvalue weighted by atomic mass is 31.2. The van der Waals surface area contributed by atoms with E-state index in [0.717, 1.165) is 38.5 Å². The number of nitrogen functional groups attached to an aromatic ring is 2. The van der Waals surface area contributed by atoms with Crippen molar-refractivity contribution in [1.82, 2.24) is 20.1 Å². The number of hydrogen-bond donors (Lipinski definition) is 5. The minimum absolute atomic E-state index is 0.150. The second-order valence-corrected chi connectivity index (χ2v) is 13.1. The topological polar surface area (TPSA) is 193 Å². The molecule has 0 aliphatic carbocycles. The van der Waals surface area contributed by atoms with Crippen molar-refractivity contribution in [3.05, 3.63) is 6.33 Å². The van der Waals surface area contributed by atoms with E-state index in [1.165, 1.54) is 6.33 Å². The molecule has 1 aromatic rings. The Morgan fingerprint density at radius 3 is 1.90 bits per heavy atom. The summed E-state index contributed by atoms with van der Waals surface area (Å²) in [5, 5.41) is 8.84. The maximum atomic E-state index is 14.2. The third-order valence-electron chi connectivity index (χ3n) is 5.92. The summed E-state index contributed by atoms with van der Waals surface area (Å²) in [5.41, 5.74) is 9.16. The second kappa shape index (κ2) is 16.7. The highest BCUT2D eigenvalue weighted by Gasteiger charge is 2.43. The van der Waals surface area contributed by atoms with Crippen LogP contribution in [0, 0.1) is 0 Å². The number of unbranched alkanes of at least 4 members (excludes halogenated alkanes) is 4. The molecule has 0 aliphatic heterocycles. The van der Waals surface area contributed by atoms with Crippen molar-refractivity contribution in [3.63, 3.8) is 0 Å². The third kappa shape index (κ3) is 12.4. The number of anilines is 3. The van der Waals surface area contributed by atoms with Crippen molar-refractivity contribution in [2.75, 3.05) is 42.9 Å². The van der Waals surface area contributed by atoms with Gasteiger partial charge in [0.25, 0.3) is 0 Å². The Labute approximate surface area is 238 Å². The molecule has 0 amide bonds. The average molecular weight is 588 g/mol. The zero-order valence-electron chi connectivity index (χ0n) is 25.2. The van der Waals surface area contributed by atoms with Crippen molar-refractivity contribution < 1.29 is 28.4 Å². The molecule has 230 valence electrons. The van der Waals surface area contributed by atoms with Crippen molar-refractivity contribution in [2.24, 2.45) is 0 Å². The van der Waals surface area contributed by atoms with E-state index in [9.17, 15) is 14.2 Å². The molecule has 40 heavy (non-hydrogen) atoms. The first kappa shape index (κ1) is 35.6. The van der Waals surface area contributed by atoms with E-state index in [2.05, 4.69) is 39.3 Å². The van der Waals surface area contributed by atoms with Crippen LogP contribution in [-0.2, 0) is 28.4 Å². The van der Waals surface area contributed by atoms with Crippen LogP contribution in [0.1, 0.15) is 87.0 Å². The molecule has 0 aliphatic rings. The van der Waals surface area contributed by atoms with Gasteiger partial charge in [0.2, 0.25) is 7.44 Å². The van der Waals surface area contributed by atoms with E-state index < -0.39 is 36.6 Å². The smallest absolute Gasteiger partial charge is 0.326 e. The summed E-state index contributed by atoms with van der Waals surface area (Å²) in [4.78, 5) is 33.6. The van der Waals surface area contributed by atoms with Gasteiger partial charge in [-0.3, -0.25) is 14.2 Å². The number of ether oxygens (including phenoxy) is 3. The molecular formula is C26H50N7O6P. The lowest BCUT2D eigenvalue weighted by Gasteiger charge is -2.35. The van der Waals surface area contributed by atoms with Gasteiger partial charge in [0.05, 0.1) is 19.3 Å². The molecule has 0 aromatic carbocycles. The molecule has 7 N–H and O–H groups in total. The van der Waals surface area contributed by atoms with Gasteiger partial charge in [0.1, 0.15) is 29.4 Å². The Kier molecular flexibility index (Phi) is 14.9. The van der Waals surface area contributed by atoms with Crippen molar-refractivity contribution >= 4 is 36.7 Å². The first-order valence-electron chi connectivity index (χ1n) is 13.9. The van der Waals surface area contributed by atoms with Crippen LogP contribution in [0.4, 0.5) is 17.3 Å². The summed E-state index contributed by atoms with van der Waals surface area (Å²) < 4.78 is 31.0. The molecule has 1 aromatic heterocycles. The summed E-state index contributed by atoms with van der Waals surface area (Å²) in [6.07, 6.45) is 5.80. The quantitative estimate of drug-likeness (QED) is 0.0840. The SMILES string of the molecule is CCCCCOC(=O)C(C)(C)NP(=O)(CO[C@H](C)CNc1ncnc(N)c1N)NC(C)(C)C(=O)OCCCCC. The molecule has 0 spiro atoms. The summed E-state index contributed by atoms with van der Waals surface area (Å²) >= 11 is 0. The maximum absolute atomic E-state index is 14.2. The summed E-state index contributed by atoms with van der Waals surface area (Å²) in [6, 6.07) is 0.